The van der Waals surface area contributed by atoms with Gasteiger partial charge in [-0.3, -0.25) is 0 Å². The number of aromatic carboxylic acids is 1. The number of hydrogen-bond donors (Lipinski definition) is 1. The SMILES string of the molecule is O=C(O)c1cccc(Oc2cccc3ccccc23)n1. The van der Waals surface area contributed by atoms with Gasteiger partial charge in [0, 0.05) is 11.5 Å². The Morgan fingerprint density at radius 2 is 1.70 bits per heavy atom. The van der Waals surface area contributed by atoms with Gasteiger partial charge in [0.15, 0.2) is 5.69 Å². The Morgan fingerprint density at radius 1 is 0.950 bits per heavy atom. The van der Waals surface area contributed by atoms with Crippen molar-refractivity contribution in [2.45, 2.75) is 0 Å². The van der Waals surface area contributed by atoms with Gasteiger partial charge in [0.25, 0.3) is 0 Å². The zero-order valence-electron chi connectivity index (χ0n) is 10.5. The lowest BCUT2D eigenvalue weighted by Crippen LogP contribution is -2.00. The van der Waals surface area contributed by atoms with Gasteiger partial charge in [-0.15, -0.1) is 0 Å². The number of benzene rings is 2. The fourth-order valence-corrected chi connectivity index (χ4v) is 1.99. The summed E-state index contributed by atoms with van der Waals surface area (Å²) in [6, 6.07) is 18.2. The molecule has 3 aromatic rings. The molecule has 4 heteroatoms. The van der Waals surface area contributed by atoms with Gasteiger partial charge in [-0.2, -0.15) is 0 Å². The highest BCUT2D eigenvalue weighted by atomic mass is 16.5. The lowest BCUT2D eigenvalue weighted by molar-refractivity contribution is 0.0689. The Hall–Kier alpha value is -2.88. The molecule has 0 aliphatic heterocycles. The molecular weight excluding hydrogens is 254 g/mol. The molecule has 0 fully saturated rings. The van der Waals surface area contributed by atoms with Crippen LogP contribution in [-0.2, 0) is 0 Å². The average molecular weight is 265 g/mol. The Balaban J connectivity index is 2.01. The van der Waals surface area contributed by atoms with Crippen LogP contribution < -0.4 is 4.74 Å². The van der Waals surface area contributed by atoms with Gasteiger partial charge in [0.1, 0.15) is 5.75 Å². The van der Waals surface area contributed by atoms with Crippen LogP contribution in [0, 0.1) is 0 Å². The second-order valence-corrected chi connectivity index (χ2v) is 4.25. The molecule has 0 spiro atoms. The fourth-order valence-electron chi connectivity index (χ4n) is 1.99. The third-order valence-electron chi connectivity index (χ3n) is 2.91. The summed E-state index contributed by atoms with van der Waals surface area (Å²) in [5, 5.41) is 10.9. The molecule has 1 heterocycles. The molecule has 0 saturated heterocycles. The number of aromatic nitrogens is 1. The van der Waals surface area contributed by atoms with Crippen molar-refractivity contribution in [1.29, 1.82) is 0 Å². The van der Waals surface area contributed by atoms with E-state index in [0.29, 0.717) is 5.75 Å². The second-order valence-electron chi connectivity index (χ2n) is 4.25. The molecule has 1 N–H and O–H groups in total. The molecule has 0 radical (unpaired) electrons. The van der Waals surface area contributed by atoms with Crippen LogP contribution in [0.25, 0.3) is 10.8 Å². The molecule has 3 rings (SSSR count). The molecule has 0 aliphatic rings. The molecular formula is C16H11NO3. The minimum absolute atomic E-state index is 0.0391. The Kier molecular flexibility index (Phi) is 3.05. The van der Waals surface area contributed by atoms with E-state index in [1.165, 1.54) is 6.07 Å². The molecule has 20 heavy (non-hydrogen) atoms. The standard InChI is InChI=1S/C16H11NO3/c18-16(19)13-8-4-10-15(17-13)20-14-9-3-6-11-5-1-2-7-12(11)14/h1-10H,(H,18,19). The van der Waals surface area contributed by atoms with Crippen LogP contribution >= 0.6 is 0 Å². The van der Waals surface area contributed by atoms with E-state index in [1.54, 1.807) is 12.1 Å². The zero-order chi connectivity index (χ0) is 13.9. The lowest BCUT2D eigenvalue weighted by Gasteiger charge is -2.08. The van der Waals surface area contributed by atoms with Crippen LogP contribution in [0.1, 0.15) is 10.5 Å². The van der Waals surface area contributed by atoms with E-state index in [1.807, 2.05) is 42.5 Å². The first-order valence-electron chi connectivity index (χ1n) is 6.10. The van der Waals surface area contributed by atoms with Gasteiger partial charge in [-0.25, -0.2) is 9.78 Å². The quantitative estimate of drug-likeness (QED) is 0.784. The number of fused-ring (bicyclic) bond motifs is 1. The van der Waals surface area contributed by atoms with Crippen LogP contribution in [0.3, 0.4) is 0 Å². The van der Waals surface area contributed by atoms with E-state index < -0.39 is 5.97 Å². The minimum atomic E-state index is -1.08. The van der Waals surface area contributed by atoms with Gasteiger partial charge >= 0.3 is 5.97 Å². The van der Waals surface area contributed by atoms with Gasteiger partial charge in [-0.1, -0.05) is 42.5 Å². The third-order valence-corrected chi connectivity index (χ3v) is 2.91. The van der Waals surface area contributed by atoms with Crippen molar-refractivity contribution in [1.82, 2.24) is 4.98 Å². The van der Waals surface area contributed by atoms with Gasteiger partial charge < -0.3 is 9.84 Å². The molecule has 4 nitrogen and oxygen atoms in total. The number of nitrogens with zero attached hydrogens (tertiary/aromatic N) is 1. The van der Waals surface area contributed by atoms with E-state index in [-0.39, 0.29) is 11.6 Å². The largest absolute Gasteiger partial charge is 0.477 e. The topological polar surface area (TPSA) is 59.4 Å². The number of rotatable bonds is 3. The highest BCUT2D eigenvalue weighted by Gasteiger charge is 2.08. The van der Waals surface area contributed by atoms with Crippen LogP contribution in [0.2, 0.25) is 0 Å². The highest BCUT2D eigenvalue weighted by molar-refractivity contribution is 5.88. The van der Waals surface area contributed by atoms with Gasteiger partial charge in [0.2, 0.25) is 5.88 Å². The molecule has 0 amide bonds. The maximum Gasteiger partial charge on any atom is 0.354 e. The zero-order valence-corrected chi connectivity index (χ0v) is 10.5. The van der Waals surface area contributed by atoms with Crippen LogP contribution in [0.5, 0.6) is 11.6 Å². The Bertz CT molecular complexity index is 778. The summed E-state index contributed by atoms with van der Waals surface area (Å²) in [6.07, 6.45) is 0. The summed E-state index contributed by atoms with van der Waals surface area (Å²) < 4.78 is 5.71. The maximum atomic E-state index is 10.9. The summed E-state index contributed by atoms with van der Waals surface area (Å²) in [5.74, 6) is -0.159. The number of hydrogen-bond acceptors (Lipinski definition) is 3. The summed E-state index contributed by atoms with van der Waals surface area (Å²) in [4.78, 5) is 14.9. The third kappa shape index (κ3) is 2.31. The summed E-state index contributed by atoms with van der Waals surface area (Å²) in [5.41, 5.74) is -0.0391. The monoisotopic (exact) mass is 265 g/mol. The van der Waals surface area contributed by atoms with E-state index in [4.69, 9.17) is 9.84 Å². The Morgan fingerprint density at radius 3 is 2.55 bits per heavy atom. The van der Waals surface area contributed by atoms with E-state index in [0.717, 1.165) is 10.8 Å². The summed E-state index contributed by atoms with van der Waals surface area (Å²) in [6.45, 7) is 0. The average Bonchev–Trinajstić information content (AvgIpc) is 2.48. The smallest absolute Gasteiger partial charge is 0.354 e. The first-order chi connectivity index (χ1) is 9.74. The molecule has 2 aromatic carbocycles. The second kappa shape index (κ2) is 5.01. The van der Waals surface area contributed by atoms with E-state index in [9.17, 15) is 4.79 Å². The predicted octanol–water partition coefficient (Wildman–Crippen LogP) is 3.73. The molecule has 98 valence electrons. The molecule has 0 atom stereocenters. The molecule has 0 unspecified atom stereocenters. The molecule has 0 bridgehead atoms. The summed E-state index contributed by atoms with van der Waals surface area (Å²) >= 11 is 0. The molecule has 0 saturated carbocycles. The van der Waals surface area contributed by atoms with Crippen molar-refractivity contribution < 1.29 is 14.6 Å². The number of carboxylic acid groups (broad SMARTS) is 1. The van der Waals surface area contributed by atoms with Crippen molar-refractivity contribution in [3.8, 4) is 11.6 Å². The number of ether oxygens (including phenoxy) is 1. The first-order valence-corrected chi connectivity index (χ1v) is 6.10. The van der Waals surface area contributed by atoms with Gasteiger partial charge in [-0.05, 0) is 17.5 Å². The molecule has 0 aliphatic carbocycles. The predicted molar refractivity (Wildman–Crippen MR) is 75.2 cm³/mol. The number of carboxylic acids is 1. The van der Waals surface area contributed by atoms with Crippen LogP contribution in [0.4, 0.5) is 0 Å². The van der Waals surface area contributed by atoms with Crippen molar-refractivity contribution in [2.24, 2.45) is 0 Å². The normalized spacial score (nSPS) is 10.4. The van der Waals surface area contributed by atoms with E-state index >= 15 is 0 Å². The number of pyridine rings is 1. The van der Waals surface area contributed by atoms with Crippen molar-refractivity contribution in [3.63, 3.8) is 0 Å². The summed E-state index contributed by atoms with van der Waals surface area (Å²) in [7, 11) is 0. The minimum Gasteiger partial charge on any atom is -0.477 e. The maximum absolute atomic E-state index is 10.9. The first kappa shape index (κ1) is 12.2. The molecule has 1 aromatic heterocycles. The van der Waals surface area contributed by atoms with Crippen molar-refractivity contribution in [2.75, 3.05) is 0 Å². The highest BCUT2D eigenvalue weighted by Crippen LogP contribution is 2.28. The fraction of sp³-hybridized carbons (Fsp3) is 0. The lowest BCUT2D eigenvalue weighted by atomic mass is 10.1. The van der Waals surface area contributed by atoms with Crippen molar-refractivity contribution in [3.05, 3.63) is 66.4 Å². The number of carbonyl (C=O) groups is 1. The van der Waals surface area contributed by atoms with Crippen LogP contribution in [0.15, 0.2) is 60.7 Å². The Labute approximate surface area is 115 Å². The van der Waals surface area contributed by atoms with E-state index in [2.05, 4.69) is 4.98 Å². The van der Waals surface area contributed by atoms with Gasteiger partial charge in [0.05, 0.1) is 0 Å². The van der Waals surface area contributed by atoms with Crippen LogP contribution in [-0.4, -0.2) is 16.1 Å². The van der Waals surface area contributed by atoms with Crippen molar-refractivity contribution >= 4 is 16.7 Å².